The average Bonchev–Trinajstić information content (AvgIpc) is 2.94. The molecule has 0 radical (unpaired) electrons. The highest BCUT2D eigenvalue weighted by molar-refractivity contribution is 6.99. The molecule has 0 N–H and O–H groups in total. The van der Waals surface area contributed by atoms with Crippen LogP contribution in [0.1, 0.15) is 66.5 Å². The third-order valence-corrected chi connectivity index (χ3v) is 12.6. The van der Waals surface area contributed by atoms with Crippen molar-refractivity contribution in [3.05, 3.63) is 57.6 Å². The first-order chi connectivity index (χ1) is 13.5. The minimum Gasteiger partial charge on any atom is -0.404 e. The quantitative estimate of drug-likeness (QED) is 0.571. The first-order valence-electron chi connectivity index (χ1n) is 11.4. The Bertz CT molecular complexity index is 851. The summed E-state index contributed by atoms with van der Waals surface area (Å²) in [6.45, 7) is 18.6. The Balaban J connectivity index is 2.01. The number of benzene rings is 2. The van der Waals surface area contributed by atoms with Crippen molar-refractivity contribution in [2.45, 2.75) is 86.8 Å². The van der Waals surface area contributed by atoms with E-state index in [2.05, 4.69) is 79.7 Å². The van der Waals surface area contributed by atoms with E-state index >= 15 is 0 Å². The van der Waals surface area contributed by atoms with Crippen molar-refractivity contribution in [1.29, 1.82) is 0 Å². The molecule has 0 unspecified atom stereocenters. The monoisotopic (exact) mass is 406 g/mol. The second kappa shape index (κ2) is 7.09. The lowest BCUT2D eigenvalue weighted by atomic mass is 9.70. The van der Waals surface area contributed by atoms with Crippen molar-refractivity contribution >= 4 is 18.7 Å². The molecule has 2 aromatic carbocycles. The average molecular weight is 407 g/mol. The van der Waals surface area contributed by atoms with Gasteiger partial charge in [-0.25, -0.2) is 0 Å². The third-order valence-electron chi connectivity index (χ3n) is 7.63. The van der Waals surface area contributed by atoms with E-state index < -0.39 is 8.32 Å². The van der Waals surface area contributed by atoms with Crippen LogP contribution in [0.5, 0.6) is 0 Å². The molecular weight excluding hydrogens is 368 g/mol. The van der Waals surface area contributed by atoms with Crippen molar-refractivity contribution in [2.24, 2.45) is 11.3 Å². The maximum absolute atomic E-state index is 7.48. The van der Waals surface area contributed by atoms with Crippen LogP contribution in [-0.4, -0.2) is 14.4 Å². The van der Waals surface area contributed by atoms with Crippen molar-refractivity contribution in [3.63, 3.8) is 0 Å². The van der Waals surface area contributed by atoms with Crippen LogP contribution in [0.15, 0.2) is 24.3 Å². The Morgan fingerprint density at radius 1 is 0.793 bits per heavy atom. The van der Waals surface area contributed by atoms with Crippen LogP contribution in [0.25, 0.3) is 0 Å². The van der Waals surface area contributed by atoms with Gasteiger partial charge in [0.1, 0.15) is 0 Å². The van der Waals surface area contributed by atoms with Crippen LogP contribution >= 0.6 is 0 Å². The zero-order valence-electron chi connectivity index (χ0n) is 19.7. The van der Waals surface area contributed by atoms with Gasteiger partial charge in [-0.3, -0.25) is 0 Å². The molecule has 2 atom stereocenters. The highest BCUT2D eigenvalue weighted by Crippen LogP contribution is 2.50. The highest BCUT2D eigenvalue weighted by Gasteiger charge is 2.57. The van der Waals surface area contributed by atoms with Gasteiger partial charge in [0.25, 0.3) is 8.32 Å². The predicted molar refractivity (Wildman–Crippen MR) is 127 cm³/mol. The van der Waals surface area contributed by atoms with E-state index in [0.717, 1.165) is 0 Å². The van der Waals surface area contributed by atoms with E-state index in [-0.39, 0.29) is 5.41 Å². The van der Waals surface area contributed by atoms with E-state index in [1.54, 1.807) is 10.4 Å². The summed E-state index contributed by atoms with van der Waals surface area (Å²) in [7, 11) is -2.33. The molecular formula is C27H38OSi. The normalized spacial score (nSPS) is 25.1. The smallest absolute Gasteiger partial charge is 0.257 e. The second-order valence-corrected chi connectivity index (χ2v) is 14.1. The molecule has 1 heterocycles. The second-order valence-electron chi connectivity index (χ2n) is 10.8. The number of fused-ring (bicyclic) bond motifs is 1. The molecule has 0 spiro atoms. The number of hydrogen-bond acceptors (Lipinski definition) is 1. The fourth-order valence-electron chi connectivity index (χ4n) is 6.93. The minimum absolute atomic E-state index is 0.274. The standard InChI is InChI=1S/C27H38OSi/c1-17-12-19(3)24(20(4)13-17)29(25-21(5)14-18(2)15-22(25)6)16-23-10-9-11-27(7,8)26(23)28-29/h12-15,23,26H,9-11,16H2,1-8H3/t23-,26+/m0/s1. The molecule has 0 amide bonds. The van der Waals surface area contributed by atoms with Gasteiger partial charge in [0.2, 0.25) is 0 Å². The van der Waals surface area contributed by atoms with E-state index in [0.29, 0.717) is 12.0 Å². The van der Waals surface area contributed by atoms with E-state index in [9.17, 15) is 0 Å². The summed E-state index contributed by atoms with van der Waals surface area (Å²) in [5.41, 5.74) is 8.74. The van der Waals surface area contributed by atoms with Crippen LogP contribution in [0.4, 0.5) is 0 Å². The number of rotatable bonds is 2. The van der Waals surface area contributed by atoms with Crippen molar-refractivity contribution in [2.75, 3.05) is 0 Å². The summed E-state index contributed by atoms with van der Waals surface area (Å²) in [5, 5.41) is 3.12. The van der Waals surface area contributed by atoms with Crippen LogP contribution in [-0.2, 0) is 4.43 Å². The first-order valence-corrected chi connectivity index (χ1v) is 13.5. The summed E-state index contributed by atoms with van der Waals surface area (Å²) in [5.74, 6) is 0.700. The van der Waals surface area contributed by atoms with Crippen molar-refractivity contribution in [1.82, 2.24) is 0 Å². The van der Waals surface area contributed by atoms with Gasteiger partial charge in [0, 0.05) is 0 Å². The molecule has 2 aromatic rings. The lowest BCUT2D eigenvalue weighted by Gasteiger charge is -2.41. The van der Waals surface area contributed by atoms with Gasteiger partial charge < -0.3 is 4.43 Å². The number of aryl methyl sites for hydroxylation is 6. The lowest BCUT2D eigenvalue weighted by Crippen LogP contribution is -2.62. The van der Waals surface area contributed by atoms with Crippen molar-refractivity contribution < 1.29 is 4.43 Å². The van der Waals surface area contributed by atoms with Gasteiger partial charge in [-0.15, -0.1) is 0 Å². The van der Waals surface area contributed by atoms with Crippen LogP contribution in [0.2, 0.25) is 6.04 Å². The van der Waals surface area contributed by atoms with E-state index in [1.807, 2.05) is 0 Å². The van der Waals surface area contributed by atoms with Gasteiger partial charge in [0.15, 0.2) is 0 Å². The van der Waals surface area contributed by atoms with Gasteiger partial charge in [-0.05, 0) is 104 Å². The molecule has 2 heteroatoms. The molecule has 1 aliphatic carbocycles. The largest absolute Gasteiger partial charge is 0.404 e. The molecule has 0 bridgehead atoms. The molecule has 156 valence electrons. The maximum Gasteiger partial charge on any atom is 0.257 e. The Morgan fingerprint density at radius 2 is 1.24 bits per heavy atom. The Hall–Kier alpha value is -1.38. The maximum atomic E-state index is 7.48. The first kappa shape index (κ1) is 20.9. The van der Waals surface area contributed by atoms with Crippen LogP contribution in [0.3, 0.4) is 0 Å². The number of hydrogen-bond donors (Lipinski definition) is 0. The minimum atomic E-state index is -2.33. The predicted octanol–water partition coefficient (Wildman–Crippen LogP) is 5.82. The zero-order chi connectivity index (χ0) is 21.1. The van der Waals surface area contributed by atoms with Gasteiger partial charge in [0.05, 0.1) is 6.10 Å². The van der Waals surface area contributed by atoms with Gasteiger partial charge in [-0.1, -0.05) is 55.7 Å². The molecule has 1 saturated heterocycles. The summed E-state index contributed by atoms with van der Waals surface area (Å²) in [6, 6.07) is 10.8. The molecule has 2 aliphatic rings. The molecule has 0 aromatic heterocycles. The molecule has 29 heavy (non-hydrogen) atoms. The highest BCUT2D eigenvalue weighted by atomic mass is 28.4. The summed E-state index contributed by atoms with van der Waals surface area (Å²) < 4.78 is 7.48. The summed E-state index contributed by atoms with van der Waals surface area (Å²) in [4.78, 5) is 0. The summed E-state index contributed by atoms with van der Waals surface area (Å²) >= 11 is 0. The van der Waals surface area contributed by atoms with Gasteiger partial charge in [-0.2, -0.15) is 0 Å². The fourth-order valence-corrected chi connectivity index (χ4v) is 12.9. The van der Waals surface area contributed by atoms with E-state index in [1.165, 1.54) is 58.7 Å². The Labute approximate surface area is 179 Å². The van der Waals surface area contributed by atoms with Crippen molar-refractivity contribution in [3.8, 4) is 0 Å². The fraction of sp³-hybridized carbons (Fsp3) is 0.556. The zero-order valence-corrected chi connectivity index (χ0v) is 20.7. The lowest BCUT2D eigenvalue weighted by molar-refractivity contribution is 0.0162. The Kier molecular flexibility index (Phi) is 5.11. The molecule has 1 saturated carbocycles. The van der Waals surface area contributed by atoms with Crippen LogP contribution in [0, 0.1) is 52.9 Å². The molecule has 2 fully saturated rings. The summed E-state index contributed by atoms with van der Waals surface area (Å²) in [6.07, 6.45) is 4.36. The molecule has 1 nitrogen and oxygen atoms in total. The molecule has 1 aliphatic heterocycles. The third kappa shape index (κ3) is 3.33. The van der Waals surface area contributed by atoms with E-state index in [4.69, 9.17) is 4.43 Å². The SMILES string of the molecule is Cc1cc(C)c([Si]2(c3c(C)cc(C)cc3C)C[C@@H]3CCCC(C)(C)[C@@H]3O2)c(C)c1. The van der Waals surface area contributed by atoms with Crippen LogP contribution < -0.4 is 10.4 Å². The van der Waals surface area contributed by atoms with Gasteiger partial charge >= 0.3 is 0 Å². The topological polar surface area (TPSA) is 9.23 Å². The Morgan fingerprint density at radius 3 is 1.66 bits per heavy atom. The molecule has 4 rings (SSSR count).